The van der Waals surface area contributed by atoms with Crippen LogP contribution in [0.25, 0.3) is 0 Å². The Morgan fingerprint density at radius 3 is 2.38 bits per heavy atom. The molecule has 0 heterocycles. The van der Waals surface area contributed by atoms with Gasteiger partial charge in [0.1, 0.15) is 0 Å². The third-order valence-corrected chi connectivity index (χ3v) is 0.933. The summed E-state index contributed by atoms with van der Waals surface area (Å²) in [6.45, 7) is 1.78. The van der Waals surface area contributed by atoms with E-state index in [-0.39, 0.29) is 35.3 Å². The van der Waals surface area contributed by atoms with Crippen LogP contribution >= 0.6 is 0 Å². The second kappa shape index (κ2) is 7.85. The van der Waals surface area contributed by atoms with Gasteiger partial charge in [0.15, 0.2) is 0 Å². The van der Waals surface area contributed by atoms with Crippen molar-refractivity contribution in [2.24, 2.45) is 0 Å². The topological polar surface area (TPSA) is 40.1 Å². The van der Waals surface area contributed by atoms with Gasteiger partial charge in [-0.2, -0.15) is 0 Å². The maximum Gasteiger partial charge on any atom is 1.00 e. The van der Waals surface area contributed by atoms with E-state index in [1.165, 1.54) is 0 Å². The van der Waals surface area contributed by atoms with Gasteiger partial charge in [-0.05, 0) is 6.92 Å². The molecule has 0 aromatic carbocycles. The smallest absolute Gasteiger partial charge is 0.772 e. The van der Waals surface area contributed by atoms with Crippen molar-refractivity contribution in [1.82, 2.24) is 0 Å². The van der Waals surface area contributed by atoms with Gasteiger partial charge < -0.3 is 4.55 Å². The van der Waals surface area contributed by atoms with Gasteiger partial charge >= 0.3 is 29.6 Å². The van der Waals surface area contributed by atoms with Gasteiger partial charge in [0.05, 0.1) is 0 Å². The summed E-state index contributed by atoms with van der Waals surface area (Å²) in [5.41, 5.74) is 0. The Balaban J connectivity index is 0. The summed E-state index contributed by atoms with van der Waals surface area (Å²) in [5.74, 6) is 0.135. The second-order valence-electron chi connectivity index (χ2n) is 1.04. The molecule has 0 aliphatic rings. The van der Waals surface area contributed by atoms with Crippen LogP contribution in [0, 0.1) is 0 Å². The largest absolute Gasteiger partial charge is 1.00 e. The van der Waals surface area contributed by atoms with Crippen molar-refractivity contribution in [1.29, 1.82) is 0 Å². The molecule has 42 valence electrons. The summed E-state index contributed by atoms with van der Waals surface area (Å²) in [6.07, 6.45) is 3.29. The van der Waals surface area contributed by atoms with E-state index in [0.717, 1.165) is 0 Å². The molecule has 1 atom stereocenters. The van der Waals surface area contributed by atoms with E-state index in [1.54, 1.807) is 19.1 Å². The maximum atomic E-state index is 9.71. The number of rotatable bonds is 2. The Kier molecular flexibility index (Phi) is 11.4. The zero-order valence-corrected chi connectivity index (χ0v) is 7.90. The summed E-state index contributed by atoms with van der Waals surface area (Å²) < 4.78 is 19.4. The Labute approximate surface area is 73.9 Å². The molecule has 0 saturated heterocycles. The van der Waals surface area contributed by atoms with E-state index >= 15 is 0 Å². The van der Waals surface area contributed by atoms with Crippen molar-refractivity contribution < 1.29 is 38.3 Å². The minimum atomic E-state index is -1.90. The molecule has 0 bridgehead atoms. The van der Waals surface area contributed by atoms with Crippen molar-refractivity contribution in [3.63, 3.8) is 0 Å². The number of hydrogen-bond acceptors (Lipinski definition) is 2. The Hall–Kier alpha value is 0.850. The summed E-state index contributed by atoms with van der Waals surface area (Å²) in [4.78, 5) is 0. The standard InChI is InChI=1S/C4H8O2S.Na/c1-2-3-4-7(5)6;/h2-3H,4H2,1H3,(H,5,6);/q;+1/p-1. The minimum absolute atomic E-state index is 0. The van der Waals surface area contributed by atoms with Crippen LogP contribution in [-0.2, 0) is 11.1 Å². The molecule has 4 heteroatoms. The molecule has 0 saturated carbocycles. The van der Waals surface area contributed by atoms with Gasteiger partial charge in [0.2, 0.25) is 0 Å². The predicted octanol–water partition coefficient (Wildman–Crippen LogP) is -2.55. The zero-order valence-electron chi connectivity index (χ0n) is 5.09. The molecule has 0 aromatic rings. The molecule has 0 amide bonds. The van der Waals surface area contributed by atoms with Crippen LogP contribution in [0.5, 0.6) is 0 Å². The second-order valence-corrected chi connectivity index (χ2v) is 1.98. The van der Waals surface area contributed by atoms with Crippen LogP contribution in [-0.4, -0.2) is 14.5 Å². The van der Waals surface area contributed by atoms with E-state index in [2.05, 4.69) is 0 Å². The first kappa shape index (κ1) is 11.6. The molecule has 0 spiro atoms. The van der Waals surface area contributed by atoms with E-state index in [1.807, 2.05) is 0 Å². The van der Waals surface area contributed by atoms with E-state index in [0.29, 0.717) is 0 Å². The SMILES string of the molecule is CC=CCS(=O)[O-].[Na+]. The maximum absolute atomic E-state index is 9.71. The first-order valence-corrected chi connectivity index (χ1v) is 3.18. The molecule has 2 nitrogen and oxygen atoms in total. The first-order chi connectivity index (χ1) is 3.27. The summed E-state index contributed by atoms with van der Waals surface area (Å²) in [7, 11) is 0. The van der Waals surface area contributed by atoms with Crippen LogP contribution < -0.4 is 29.6 Å². The average molecular weight is 142 g/mol. The fourth-order valence-corrected chi connectivity index (χ4v) is 0.524. The monoisotopic (exact) mass is 142 g/mol. The van der Waals surface area contributed by atoms with Crippen LogP contribution in [0.3, 0.4) is 0 Å². The fourth-order valence-electron chi connectivity index (χ4n) is 0.175. The third kappa shape index (κ3) is 9.97. The minimum Gasteiger partial charge on any atom is -0.772 e. The zero-order chi connectivity index (χ0) is 5.70. The van der Waals surface area contributed by atoms with Crippen molar-refractivity contribution in [2.45, 2.75) is 6.92 Å². The van der Waals surface area contributed by atoms with Crippen LogP contribution in [0.15, 0.2) is 12.2 Å². The average Bonchev–Trinajstić information content (AvgIpc) is 1.61. The van der Waals surface area contributed by atoms with Gasteiger partial charge in [0.25, 0.3) is 0 Å². The number of allylic oxidation sites excluding steroid dienone is 1. The molecule has 0 radical (unpaired) electrons. The van der Waals surface area contributed by atoms with Crippen molar-refractivity contribution in [3.05, 3.63) is 12.2 Å². The molecule has 0 fully saturated rings. The molecular formula is C4H7NaO2S. The van der Waals surface area contributed by atoms with E-state index < -0.39 is 11.1 Å². The van der Waals surface area contributed by atoms with E-state index in [9.17, 15) is 8.76 Å². The first-order valence-electron chi connectivity index (χ1n) is 1.94. The molecule has 8 heavy (non-hydrogen) atoms. The molecule has 0 aromatic heterocycles. The van der Waals surface area contributed by atoms with Gasteiger partial charge in [-0.3, -0.25) is 4.21 Å². The fraction of sp³-hybridized carbons (Fsp3) is 0.500. The Morgan fingerprint density at radius 1 is 1.75 bits per heavy atom. The normalized spacial score (nSPS) is 13.2. The molecule has 0 N–H and O–H groups in total. The van der Waals surface area contributed by atoms with Crippen molar-refractivity contribution >= 4 is 11.1 Å². The molecule has 0 rings (SSSR count). The summed E-state index contributed by atoms with van der Waals surface area (Å²) in [6, 6.07) is 0. The summed E-state index contributed by atoms with van der Waals surface area (Å²) in [5, 5.41) is 0. The van der Waals surface area contributed by atoms with Crippen LogP contribution in [0.4, 0.5) is 0 Å². The molecule has 0 aliphatic heterocycles. The molecular weight excluding hydrogens is 135 g/mol. The van der Waals surface area contributed by atoms with Crippen LogP contribution in [0.1, 0.15) is 6.92 Å². The summed E-state index contributed by atoms with van der Waals surface area (Å²) >= 11 is -1.90. The van der Waals surface area contributed by atoms with Crippen LogP contribution in [0.2, 0.25) is 0 Å². The van der Waals surface area contributed by atoms with Gasteiger partial charge in [-0.25, -0.2) is 0 Å². The molecule has 0 aliphatic carbocycles. The molecule has 1 unspecified atom stereocenters. The third-order valence-electron chi connectivity index (χ3n) is 0.468. The van der Waals surface area contributed by atoms with Crippen molar-refractivity contribution in [2.75, 3.05) is 5.75 Å². The van der Waals surface area contributed by atoms with Gasteiger partial charge in [-0.1, -0.05) is 23.2 Å². The quantitative estimate of drug-likeness (QED) is 0.242. The van der Waals surface area contributed by atoms with Gasteiger partial charge in [-0.15, -0.1) is 0 Å². The van der Waals surface area contributed by atoms with Gasteiger partial charge in [0, 0.05) is 5.75 Å². The Bertz CT molecular complexity index is 92.0. The van der Waals surface area contributed by atoms with Crippen molar-refractivity contribution in [3.8, 4) is 0 Å². The van der Waals surface area contributed by atoms with E-state index in [4.69, 9.17) is 0 Å². The predicted molar refractivity (Wildman–Crippen MR) is 28.6 cm³/mol. The Morgan fingerprint density at radius 2 is 2.25 bits per heavy atom. The number of hydrogen-bond donors (Lipinski definition) is 0.